The van der Waals surface area contributed by atoms with Gasteiger partial charge in [0.1, 0.15) is 5.70 Å². The van der Waals surface area contributed by atoms with Crippen LogP contribution in [0.4, 0.5) is 5.69 Å². The molecule has 1 aliphatic heterocycles. The van der Waals surface area contributed by atoms with Crippen molar-refractivity contribution in [3.63, 3.8) is 0 Å². The molecule has 132 valence electrons. The molecule has 0 N–H and O–H groups in total. The lowest BCUT2D eigenvalue weighted by molar-refractivity contribution is -0.121. The minimum Gasteiger partial charge on any atom is -0.282 e. The molecule has 0 spiro atoms. The molecule has 0 aliphatic carbocycles. The van der Waals surface area contributed by atoms with E-state index in [1.807, 2.05) is 31.2 Å². The summed E-state index contributed by atoms with van der Waals surface area (Å²) in [6.45, 7) is 6.05. The predicted octanol–water partition coefficient (Wildman–Crippen LogP) is 5.46. The molecule has 2 aromatic rings. The molecular weight excluding hydrogens is 387 g/mol. The molecule has 0 radical (unpaired) electrons. The number of carbonyl (C=O) groups is 1. The monoisotopic (exact) mass is 402 g/mol. The first kappa shape index (κ1) is 18.6. The normalized spacial score (nSPS) is 15.9. The van der Waals surface area contributed by atoms with Crippen molar-refractivity contribution in [3.8, 4) is 0 Å². The number of aryl methyl sites for hydroxylation is 1. The second-order valence-corrected chi connectivity index (χ2v) is 7.06. The van der Waals surface area contributed by atoms with Crippen LogP contribution in [-0.4, -0.2) is 22.5 Å². The Bertz CT molecular complexity index is 922. The minimum absolute atomic E-state index is 0.193. The van der Waals surface area contributed by atoms with E-state index >= 15 is 0 Å². The van der Waals surface area contributed by atoms with Crippen LogP contribution in [-0.2, 0) is 4.79 Å². The fourth-order valence-electron chi connectivity index (χ4n) is 2.67. The number of thiocarbonyl (C=S) groups is 1. The van der Waals surface area contributed by atoms with Crippen molar-refractivity contribution in [2.45, 2.75) is 6.92 Å². The third-order valence-corrected chi connectivity index (χ3v) is 4.95. The van der Waals surface area contributed by atoms with Gasteiger partial charge in [-0.1, -0.05) is 53.0 Å². The summed E-state index contributed by atoms with van der Waals surface area (Å²) in [6, 6.07) is 13.0. The molecule has 3 rings (SSSR count). The summed E-state index contributed by atoms with van der Waals surface area (Å²) < 4.78 is 0. The van der Waals surface area contributed by atoms with Crippen molar-refractivity contribution in [1.82, 2.24) is 4.90 Å². The number of anilines is 1. The standard InChI is InChI=1S/C20H16Cl2N2OS/c1-3-10-23-19(25)18(11-14-6-7-15(21)12-17(14)22)24(20(23)26)16-8-4-13(2)5-9-16/h3-9,11-12H,1,10H2,2H3/b18-11+. The number of hydrogen-bond acceptors (Lipinski definition) is 2. The van der Waals surface area contributed by atoms with E-state index in [-0.39, 0.29) is 5.91 Å². The first-order valence-corrected chi connectivity index (χ1v) is 9.09. The maximum absolute atomic E-state index is 13.0. The molecule has 1 fully saturated rings. The van der Waals surface area contributed by atoms with Crippen molar-refractivity contribution in [2.75, 3.05) is 11.4 Å². The highest BCUT2D eigenvalue weighted by molar-refractivity contribution is 7.80. The average molecular weight is 403 g/mol. The number of halogens is 2. The summed E-state index contributed by atoms with van der Waals surface area (Å²) in [5.41, 5.74) is 3.07. The van der Waals surface area contributed by atoms with Gasteiger partial charge in [-0.2, -0.15) is 0 Å². The zero-order valence-electron chi connectivity index (χ0n) is 14.1. The van der Waals surface area contributed by atoms with Gasteiger partial charge in [0.2, 0.25) is 0 Å². The van der Waals surface area contributed by atoms with Crippen molar-refractivity contribution < 1.29 is 4.79 Å². The van der Waals surface area contributed by atoms with E-state index in [0.717, 1.165) is 11.3 Å². The first-order valence-electron chi connectivity index (χ1n) is 7.92. The molecule has 1 heterocycles. The molecule has 2 aromatic carbocycles. The Morgan fingerprint density at radius 2 is 1.85 bits per heavy atom. The fraction of sp³-hybridized carbons (Fsp3) is 0.100. The van der Waals surface area contributed by atoms with Crippen molar-refractivity contribution in [2.24, 2.45) is 0 Å². The SMILES string of the molecule is C=CCN1C(=O)/C(=C\c2ccc(Cl)cc2Cl)N(c2ccc(C)cc2)C1=S. The molecule has 0 unspecified atom stereocenters. The average Bonchev–Trinajstić information content (AvgIpc) is 2.83. The second-order valence-electron chi connectivity index (χ2n) is 5.85. The molecule has 1 aliphatic rings. The van der Waals surface area contributed by atoms with E-state index in [0.29, 0.717) is 33.0 Å². The van der Waals surface area contributed by atoms with Gasteiger partial charge in [0, 0.05) is 22.3 Å². The predicted molar refractivity (Wildman–Crippen MR) is 113 cm³/mol. The van der Waals surface area contributed by atoms with Crippen LogP contribution in [0.2, 0.25) is 10.0 Å². The lowest BCUT2D eigenvalue weighted by atomic mass is 10.1. The zero-order chi connectivity index (χ0) is 18.8. The number of carbonyl (C=O) groups excluding carboxylic acids is 1. The van der Waals surface area contributed by atoms with Crippen LogP contribution in [0.25, 0.3) is 6.08 Å². The van der Waals surface area contributed by atoms with Crippen LogP contribution in [0, 0.1) is 6.92 Å². The molecule has 0 aromatic heterocycles. The topological polar surface area (TPSA) is 23.6 Å². The van der Waals surface area contributed by atoms with Gasteiger partial charge in [-0.3, -0.25) is 14.6 Å². The van der Waals surface area contributed by atoms with E-state index in [4.69, 9.17) is 35.4 Å². The Morgan fingerprint density at radius 1 is 1.15 bits per heavy atom. The summed E-state index contributed by atoms with van der Waals surface area (Å²) in [6.07, 6.45) is 3.38. The zero-order valence-corrected chi connectivity index (χ0v) is 16.4. The molecule has 3 nitrogen and oxygen atoms in total. The molecule has 1 saturated heterocycles. The largest absolute Gasteiger partial charge is 0.282 e. The molecule has 6 heteroatoms. The Labute approximate surface area is 168 Å². The smallest absolute Gasteiger partial charge is 0.277 e. The van der Waals surface area contributed by atoms with Gasteiger partial charge < -0.3 is 0 Å². The molecule has 0 saturated carbocycles. The van der Waals surface area contributed by atoms with Crippen LogP contribution in [0.15, 0.2) is 60.8 Å². The Morgan fingerprint density at radius 3 is 2.46 bits per heavy atom. The van der Waals surface area contributed by atoms with Gasteiger partial charge in [-0.05, 0) is 55.0 Å². The van der Waals surface area contributed by atoms with Gasteiger partial charge in [-0.25, -0.2) is 0 Å². The highest BCUT2D eigenvalue weighted by atomic mass is 35.5. The summed E-state index contributed by atoms with van der Waals surface area (Å²) in [5.74, 6) is -0.193. The Hall–Kier alpha value is -2.14. The maximum atomic E-state index is 13.0. The molecule has 0 bridgehead atoms. The van der Waals surface area contributed by atoms with Gasteiger partial charge in [0.25, 0.3) is 5.91 Å². The third-order valence-electron chi connectivity index (χ3n) is 3.99. The first-order chi connectivity index (χ1) is 12.4. The summed E-state index contributed by atoms with van der Waals surface area (Å²) in [7, 11) is 0. The Balaban J connectivity index is 2.12. The lowest BCUT2D eigenvalue weighted by Crippen LogP contribution is -2.32. The minimum atomic E-state index is -0.193. The molecular formula is C20H16Cl2N2OS. The highest BCUT2D eigenvalue weighted by Gasteiger charge is 2.38. The summed E-state index contributed by atoms with van der Waals surface area (Å²) >= 11 is 17.8. The highest BCUT2D eigenvalue weighted by Crippen LogP contribution is 2.32. The van der Waals surface area contributed by atoms with Crippen molar-refractivity contribution in [1.29, 1.82) is 0 Å². The quantitative estimate of drug-likeness (QED) is 0.385. The van der Waals surface area contributed by atoms with Crippen LogP contribution >= 0.6 is 35.4 Å². The molecule has 26 heavy (non-hydrogen) atoms. The van der Waals surface area contributed by atoms with Crippen molar-refractivity contribution in [3.05, 3.63) is 82.0 Å². The fourth-order valence-corrected chi connectivity index (χ4v) is 3.49. The van der Waals surface area contributed by atoms with Crippen LogP contribution in [0.1, 0.15) is 11.1 Å². The van der Waals surface area contributed by atoms with Crippen LogP contribution in [0.3, 0.4) is 0 Å². The van der Waals surface area contributed by atoms with Gasteiger partial charge in [-0.15, -0.1) is 6.58 Å². The number of nitrogens with zero attached hydrogens (tertiary/aromatic N) is 2. The number of benzene rings is 2. The van der Waals surface area contributed by atoms with Crippen LogP contribution < -0.4 is 4.90 Å². The summed E-state index contributed by atoms with van der Waals surface area (Å²) in [4.78, 5) is 16.2. The van der Waals surface area contributed by atoms with Crippen molar-refractivity contribution >= 4 is 58.2 Å². The van der Waals surface area contributed by atoms with Gasteiger partial charge >= 0.3 is 0 Å². The molecule has 0 atom stereocenters. The summed E-state index contributed by atoms with van der Waals surface area (Å²) in [5, 5.41) is 1.42. The van der Waals surface area contributed by atoms with E-state index in [2.05, 4.69) is 6.58 Å². The van der Waals surface area contributed by atoms with E-state index in [1.54, 1.807) is 35.3 Å². The van der Waals surface area contributed by atoms with Crippen LogP contribution in [0.5, 0.6) is 0 Å². The number of hydrogen-bond donors (Lipinski definition) is 0. The van der Waals surface area contributed by atoms with Gasteiger partial charge in [0.05, 0.1) is 0 Å². The van der Waals surface area contributed by atoms with E-state index < -0.39 is 0 Å². The molecule has 1 amide bonds. The Kier molecular flexibility index (Phi) is 5.47. The van der Waals surface area contributed by atoms with E-state index in [9.17, 15) is 4.79 Å². The lowest BCUT2D eigenvalue weighted by Gasteiger charge is -2.20. The van der Waals surface area contributed by atoms with E-state index in [1.165, 1.54) is 4.90 Å². The van der Waals surface area contributed by atoms with Gasteiger partial charge in [0.15, 0.2) is 5.11 Å². The number of amides is 1. The maximum Gasteiger partial charge on any atom is 0.277 e. The second kappa shape index (κ2) is 7.62. The third kappa shape index (κ3) is 3.54. The number of rotatable bonds is 4.